The molecule has 1 N–H and O–H groups in total. The number of ether oxygens (including phenoxy) is 3. The highest BCUT2D eigenvalue weighted by Gasteiger charge is 2.18. The minimum Gasteiger partial charge on any atom is -0.490 e. The van der Waals surface area contributed by atoms with Gasteiger partial charge in [-0.2, -0.15) is 5.26 Å². The molecule has 1 amide bonds. The van der Waals surface area contributed by atoms with Crippen LogP contribution in [0.15, 0.2) is 36.4 Å². The zero-order valence-corrected chi connectivity index (χ0v) is 16.9. The van der Waals surface area contributed by atoms with Gasteiger partial charge in [-0.05, 0) is 43.7 Å². The molecule has 7 nitrogen and oxygen atoms in total. The van der Waals surface area contributed by atoms with E-state index >= 15 is 0 Å². The van der Waals surface area contributed by atoms with E-state index in [0.29, 0.717) is 36.0 Å². The second kappa shape index (κ2) is 10.9. The largest absolute Gasteiger partial charge is 0.490 e. The van der Waals surface area contributed by atoms with Crippen LogP contribution in [0.3, 0.4) is 0 Å². The normalized spacial score (nSPS) is 10.0. The highest BCUT2D eigenvalue weighted by Crippen LogP contribution is 2.37. The summed E-state index contributed by atoms with van der Waals surface area (Å²) in [4.78, 5) is 24.4. The summed E-state index contributed by atoms with van der Waals surface area (Å²) >= 11 is 6.23. The van der Waals surface area contributed by atoms with Gasteiger partial charge in [0, 0.05) is 5.69 Å². The minimum absolute atomic E-state index is 0.140. The van der Waals surface area contributed by atoms with Crippen LogP contribution in [0.1, 0.15) is 36.2 Å². The molecule has 2 aromatic rings. The molecule has 152 valence electrons. The Morgan fingerprint density at radius 2 is 1.97 bits per heavy atom. The molecule has 2 aromatic carbocycles. The summed E-state index contributed by atoms with van der Waals surface area (Å²) in [6.07, 6.45) is 0.790. The average molecular weight is 417 g/mol. The number of rotatable bonds is 9. The Balaban J connectivity index is 2.04. The van der Waals surface area contributed by atoms with Gasteiger partial charge in [0.05, 0.1) is 35.4 Å². The molecule has 2 rings (SSSR count). The third-order valence-corrected chi connectivity index (χ3v) is 3.89. The fraction of sp³-hybridized carbons (Fsp3) is 0.286. The van der Waals surface area contributed by atoms with Gasteiger partial charge in [-0.15, -0.1) is 0 Å². The summed E-state index contributed by atoms with van der Waals surface area (Å²) in [5.41, 5.74) is 0.981. The number of amides is 1. The molecule has 29 heavy (non-hydrogen) atoms. The molecule has 0 radical (unpaired) electrons. The first kappa shape index (κ1) is 22.1. The molecule has 0 aliphatic rings. The van der Waals surface area contributed by atoms with E-state index in [4.69, 9.17) is 31.1 Å². The van der Waals surface area contributed by atoms with Crippen LogP contribution >= 0.6 is 11.6 Å². The van der Waals surface area contributed by atoms with Crippen LogP contribution in [0.25, 0.3) is 0 Å². The Hall–Kier alpha value is -3.24. The van der Waals surface area contributed by atoms with Crippen LogP contribution in [0, 0.1) is 11.3 Å². The van der Waals surface area contributed by atoms with Gasteiger partial charge in [-0.1, -0.05) is 24.6 Å². The number of carbonyl (C=O) groups is 2. The molecular weight excluding hydrogens is 396 g/mol. The predicted molar refractivity (Wildman–Crippen MR) is 108 cm³/mol. The summed E-state index contributed by atoms with van der Waals surface area (Å²) in [5.74, 6) is -0.566. The SMILES string of the molecule is CCCOc1c(Cl)cc(C(=O)OCC(=O)Nc2cccc(C#N)c2)cc1OCC. The summed E-state index contributed by atoms with van der Waals surface area (Å²) in [6.45, 7) is 4.08. The lowest BCUT2D eigenvalue weighted by molar-refractivity contribution is -0.119. The van der Waals surface area contributed by atoms with Crippen LogP contribution < -0.4 is 14.8 Å². The summed E-state index contributed by atoms with van der Waals surface area (Å²) in [5, 5.41) is 11.7. The van der Waals surface area contributed by atoms with E-state index < -0.39 is 18.5 Å². The van der Waals surface area contributed by atoms with Crippen molar-refractivity contribution in [1.29, 1.82) is 5.26 Å². The second-order valence-corrected chi connectivity index (χ2v) is 6.29. The van der Waals surface area contributed by atoms with Crippen molar-refractivity contribution in [3.05, 3.63) is 52.5 Å². The Bertz CT molecular complexity index is 924. The molecule has 0 heterocycles. The Morgan fingerprint density at radius 1 is 1.17 bits per heavy atom. The number of nitrogens with one attached hydrogen (secondary N) is 1. The van der Waals surface area contributed by atoms with Crippen molar-refractivity contribution in [2.24, 2.45) is 0 Å². The van der Waals surface area contributed by atoms with Crippen LogP contribution in [-0.2, 0) is 9.53 Å². The van der Waals surface area contributed by atoms with E-state index in [1.807, 2.05) is 13.0 Å². The lowest BCUT2D eigenvalue weighted by Crippen LogP contribution is -2.21. The summed E-state index contributed by atoms with van der Waals surface area (Å²) in [6, 6.07) is 11.3. The summed E-state index contributed by atoms with van der Waals surface area (Å²) in [7, 11) is 0. The number of esters is 1. The van der Waals surface area contributed by atoms with Gasteiger partial charge in [0.15, 0.2) is 18.1 Å². The molecule has 8 heteroatoms. The van der Waals surface area contributed by atoms with Crippen molar-refractivity contribution in [2.75, 3.05) is 25.1 Å². The molecule has 0 fully saturated rings. The number of hydrogen-bond acceptors (Lipinski definition) is 6. The van der Waals surface area contributed by atoms with Gasteiger partial charge in [0.1, 0.15) is 0 Å². The number of carbonyl (C=O) groups excluding carboxylic acids is 2. The molecule has 0 aliphatic carbocycles. The van der Waals surface area contributed by atoms with Gasteiger partial charge in [-0.25, -0.2) is 4.79 Å². The lowest BCUT2D eigenvalue weighted by Gasteiger charge is -2.14. The maximum absolute atomic E-state index is 12.3. The van der Waals surface area contributed by atoms with Crippen molar-refractivity contribution in [2.45, 2.75) is 20.3 Å². The lowest BCUT2D eigenvalue weighted by atomic mass is 10.2. The number of benzene rings is 2. The maximum Gasteiger partial charge on any atom is 0.338 e. The van der Waals surface area contributed by atoms with Gasteiger partial charge in [-0.3, -0.25) is 4.79 Å². The van der Waals surface area contributed by atoms with Gasteiger partial charge >= 0.3 is 5.97 Å². The smallest absolute Gasteiger partial charge is 0.338 e. The van der Waals surface area contributed by atoms with Crippen LogP contribution in [-0.4, -0.2) is 31.7 Å². The quantitative estimate of drug-likeness (QED) is 0.615. The average Bonchev–Trinajstić information content (AvgIpc) is 2.71. The standard InChI is InChI=1S/C21H21ClN2O5/c1-3-8-28-20-17(22)10-15(11-18(20)27-4-2)21(26)29-13-19(25)24-16-7-5-6-14(9-16)12-23/h5-7,9-11H,3-4,8,13H2,1-2H3,(H,24,25). The van der Waals surface area contributed by atoms with E-state index in [2.05, 4.69) is 5.32 Å². The van der Waals surface area contributed by atoms with Crippen LogP contribution in [0.2, 0.25) is 5.02 Å². The van der Waals surface area contributed by atoms with Crippen molar-refractivity contribution >= 4 is 29.2 Å². The third kappa shape index (κ3) is 6.40. The fourth-order valence-corrected chi connectivity index (χ4v) is 2.64. The van der Waals surface area contributed by atoms with Crippen molar-refractivity contribution in [1.82, 2.24) is 0 Å². The Labute approximate surface area is 174 Å². The van der Waals surface area contributed by atoms with E-state index in [1.54, 1.807) is 25.1 Å². The molecule has 0 spiro atoms. The molecule has 0 aromatic heterocycles. The third-order valence-electron chi connectivity index (χ3n) is 3.61. The minimum atomic E-state index is -0.726. The van der Waals surface area contributed by atoms with E-state index in [-0.39, 0.29) is 10.6 Å². The second-order valence-electron chi connectivity index (χ2n) is 5.88. The highest BCUT2D eigenvalue weighted by molar-refractivity contribution is 6.32. The fourth-order valence-electron chi connectivity index (χ4n) is 2.37. The van der Waals surface area contributed by atoms with E-state index in [9.17, 15) is 9.59 Å². The monoisotopic (exact) mass is 416 g/mol. The number of halogens is 1. The van der Waals surface area contributed by atoms with E-state index in [0.717, 1.165) is 6.42 Å². The Kier molecular flexibility index (Phi) is 8.31. The Morgan fingerprint density at radius 3 is 2.66 bits per heavy atom. The molecule has 0 atom stereocenters. The number of nitriles is 1. The van der Waals surface area contributed by atoms with Gasteiger partial charge < -0.3 is 19.5 Å². The van der Waals surface area contributed by atoms with Crippen molar-refractivity contribution in [3.63, 3.8) is 0 Å². The molecule has 0 saturated heterocycles. The zero-order chi connectivity index (χ0) is 21.2. The first-order valence-electron chi connectivity index (χ1n) is 9.04. The van der Waals surface area contributed by atoms with Crippen molar-refractivity contribution in [3.8, 4) is 17.6 Å². The van der Waals surface area contributed by atoms with Gasteiger partial charge in [0.25, 0.3) is 5.91 Å². The molecule has 0 unspecified atom stereocenters. The molecule has 0 aliphatic heterocycles. The zero-order valence-electron chi connectivity index (χ0n) is 16.2. The first-order valence-corrected chi connectivity index (χ1v) is 9.42. The van der Waals surface area contributed by atoms with Crippen LogP contribution in [0.4, 0.5) is 5.69 Å². The van der Waals surface area contributed by atoms with E-state index in [1.165, 1.54) is 18.2 Å². The molecule has 0 saturated carbocycles. The number of nitrogens with zero attached hydrogens (tertiary/aromatic N) is 1. The van der Waals surface area contributed by atoms with Gasteiger partial charge in [0.2, 0.25) is 0 Å². The maximum atomic E-state index is 12.3. The van der Waals surface area contributed by atoms with Crippen LogP contribution in [0.5, 0.6) is 11.5 Å². The predicted octanol–water partition coefficient (Wildman–Crippen LogP) is 4.19. The molecular formula is C21H21ClN2O5. The topological polar surface area (TPSA) is 97.6 Å². The summed E-state index contributed by atoms with van der Waals surface area (Å²) < 4.78 is 16.2. The molecule has 0 bridgehead atoms. The first-order chi connectivity index (χ1) is 14.0. The highest BCUT2D eigenvalue weighted by atomic mass is 35.5. The number of hydrogen-bond donors (Lipinski definition) is 1. The van der Waals surface area contributed by atoms with Crippen molar-refractivity contribution < 1.29 is 23.8 Å². The number of anilines is 1.